The van der Waals surface area contributed by atoms with Crippen molar-refractivity contribution in [3.63, 3.8) is 0 Å². The monoisotopic (exact) mass is 344 g/mol. The van der Waals surface area contributed by atoms with Gasteiger partial charge in [-0.3, -0.25) is 9.69 Å². The van der Waals surface area contributed by atoms with Crippen LogP contribution in [0.3, 0.4) is 0 Å². The first kappa shape index (κ1) is 13.5. The van der Waals surface area contributed by atoms with Crippen LogP contribution >= 0.6 is 27.3 Å². The highest BCUT2D eigenvalue weighted by Crippen LogP contribution is 2.23. The Balaban J connectivity index is 1.50. The number of fused-ring (bicyclic) bond motifs is 1. The molecular formula is C13H17BrN2O2S. The van der Waals surface area contributed by atoms with Crippen molar-refractivity contribution in [1.29, 1.82) is 0 Å². The molecule has 0 radical (unpaired) electrons. The molecule has 0 spiro atoms. The lowest BCUT2D eigenvalue weighted by molar-refractivity contribution is -0.0461. The summed E-state index contributed by atoms with van der Waals surface area (Å²) in [5, 5.41) is 4.87. The fourth-order valence-corrected chi connectivity index (χ4v) is 4.22. The molecule has 0 saturated carbocycles. The highest BCUT2D eigenvalue weighted by atomic mass is 79.9. The van der Waals surface area contributed by atoms with E-state index in [-0.39, 0.29) is 12.0 Å². The van der Waals surface area contributed by atoms with Crippen molar-refractivity contribution in [2.75, 3.05) is 26.2 Å². The van der Waals surface area contributed by atoms with Crippen molar-refractivity contribution in [3.8, 4) is 0 Å². The van der Waals surface area contributed by atoms with Gasteiger partial charge in [-0.15, -0.1) is 11.3 Å². The molecule has 2 unspecified atom stereocenters. The average Bonchev–Trinajstić information content (AvgIpc) is 3.03. The Morgan fingerprint density at radius 2 is 2.53 bits per heavy atom. The SMILES string of the molecule is O=C(NCC1CN2CCCC2CO1)c1sccc1Br. The zero-order valence-corrected chi connectivity index (χ0v) is 13.0. The summed E-state index contributed by atoms with van der Waals surface area (Å²) in [7, 11) is 0. The summed E-state index contributed by atoms with van der Waals surface area (Å²) in [4.78, 5) is 15.2. The normalized spacial score (nSPS) is 27.2. The topological polar surface area (TPSA) is 41.6 Å². The summed E-state index contributed by atoms with van der Waals surface area (Å²) in [5.74, 6) is -0.0194. The number of carbonyl (C=O) groups is 1. The minimum Gasteiger partial charge on any atom is -0.373 e. The molecule has 2 aliphatic heterocycles. The van der Waals surface area contributed by atoms with Crippen molar-refractivity contribution >= 4 is 33.2 Å². The molecule has 0 aliphatic carbocycles. The molecule has 3 rings (SSSR count). The van der Waals surface area contributed by atoms with Gasteiger partial charge in [0, 0.05) is 23.6 Å². The molecule has 2 saturated heterocycles. The number of halogens is 1. The van der Waals surface area contributed by atoms with Crippen molar-refractivity contribution in [1.82, 2.24) is 10.2 Å². The first-order chi connectivity index (χ1) is 9.24. The number of nitrogens with one attached hydrogen (secondary N) is 1. The quantitative estimate of drug-likeness (QED) is 0.912. The first-order valence-electron chi connectivity index (χ1n) is 6.61. The van der Waals surface area contributed by atoms with E-state index in [2.05, 4.69) is 26.1 Å². The number of amides is 1. The molecule has 0 bridgehead atoms. The number of morpholine rings is 1. The molecule has 1 aromatic heterocycles. The zero-order chi connectivity index (χ0) is 13.2. The molecule has 3 heterocycles. The highest BCUT2D eigenvalue weighted by molar-refractivity contribution is 9.10. The van der Waals surface area contributed by atoms with Crippen LogP contribution in [0.2, 0.25) is 0 Å². The molecule has 2 fully saturated rings. The molecule has 6 heteroatoms. The van der Waals surface area contributed by atoms with E-state index in [0.717, 1.165) is 22.5 Å². The summed E-state index contributed by atoms with van der Waals surface area (Å²) in [5.41, 5.74) is 0. The number of rotatable bonds is 3. The fraction of sp³-hybridized carbons (Fsp3) is 0.615. The molecule has 0 aromatic carbocycles. The lowest BCUT2D eigenvalue weighted by Crippen LogP contribution is -2.50. The number of nitrogens with zero attached hydrogens (tertiary/aromatic N) is 1. The lowest BCUT2D eigenvalue weighted by atomic mass is 10.2. The number of hydrogen-bond donors (Lipinski definition) is 1. The highest BCUT2D eigenvalue weighted by Gasteiger charge is 2.32. The molecular weight excluding hydrogens is 328 g/mol. The minimum atomic E-state index is -0.0194. The first-order valence-corrected chi connectivity index (χ1v) is 8.28. The third kappa shape index (κ3) is 3.02. The van der Waals surface area contributed by atoms with Gasteiger partial charge < -0.3 is 10.1 Å². The maximum atomic E-state index is 12.0. The zero-order valence-electron chi connectivity index (χ0n) is 10.6. The third-order valence-electron chi connectivity index (χ3n) is 3.78. The molecule has 104 valence electrons. The standard InChI is InChI=1S/C13H17BrN2O2S/c14-11-3-5-19-12(11)13(17)15-6-10-7-16-4-1-2-9(16)8-18-10/h3,5,9-10H,1-2,4,6-8H2,(H,15,17). The molecule has 1 amide bonds. The van der Waals surface area contributed by atoms with Crippen LogP contribution in [-0.2, 0) is 4.74 Å². The average molecular weight is 345 g/mol. The van der Waals surface area contributed by atoms with E-state index in [1.807, 2.05) is 11.4 Å². The van der Waals surface area contributed by atoms with Crippen molar-refractivity contribution in [3.05, 3.63) is 20.8 Å². The van der Waals surface area contributed by atoms with Gasteiger partial charge in [-0.2, -0.15) is 0 Å². The van der Waals surface area contributed by atoms with Gasteiger partial charge in [0.2, 0.25) is 0 Å². The maximum Gasteiger partial charge on any atom is 0.262 e. The van der Waals surface area contributed by atoms with Gasteiger partial charge in [-0.1, -0.05) is 0 Å². The predicted octanol–water partition coefficient (Wildman–Crippen LogP) is 2.10. The number of carbonyl (C=O) groups excluding carboxylic acids is 1. The molecule has 1 aromatic rings. The van der Waals surface area contributed by atoms with Crippen molar-refractivity contribution in [2.45, 2.75) is 25.0 Å². The largest absolute Gasteiger partial charge is 0.373 e. The van der Waals surface area contributed by atoms with Crippen LogP contribution in [0, 0.1) is 0 Å². The second-order valence-corrected chi connectivity index (χ2v) is 6.82. The second-order valence-electron chi connectivity index (χ2n) is 5.05. The van der Waals surface area contributed by atoms with Gasteiger partial charge >= 0.3 is 0 Å². The van der Waals surface area contributed by atoms with E-state index in [1.165, 1.54) is 30.7 Å². The molecule has 2 atom stereocenters. The third-order valence-corrected chi connectivity index (χ3v) is 5.61. The molecule has 4 nitrogen and oxygen atoms in total. The fourth-order valence-electron chi connectivity index (χ4n) is 2.75. The number of ether oxygens (including phenoxy) is 1. The van der Waals surface area contributed by atoms with E-state index < -0.39 is 0 Å². The Labute approximate surface area is 125 Å². The lowest BCUT2D eigenvalue weighted by Gasteiger charge is -2.35. The minimum absolute atomic E-state index is 0.0194. The van der Waals surface area contributed by atoms with Crippen LogP contribution in [0.15, 0.2) is 15.9 Å². The Morgan fingerprint density at radius 1 is 1.63 bits per heavy atom. The summed E-state index contributed by atoms with van der Waals surface area (Å²) >= 11 is 4.83. The van der Waals surface area contributed by atoms with Gasteiger partial charge in [-0.05, 0) is 46.8 Å². The van der Waals surface area contributed by atoms with Gasteiger partial charge in [0.25, 0.3) is 5.91 Å². The van der Waals surface area contributed by atoms with Gasteiger partial charge in [-0.25, -0.2) is 0 Å². The Bertz CT molecular complexity index is 465. The van der Waals surface area contributed by atoms with Crippen LogP contribution in [0.1, 0.15) is 22.5 Å². The number of hydrogen-bond acceptors (Lipinski definition) is 4. The predicted molar refractivity (Wildman–Crippen MR) is 78.7 cm³/mol. The van der Waals surface area contributed by atoms with Crippen LogP contribution in [0.25, 0.3) is 0 Å². The summed E-state index contributed by atoms with van der Waals surface area (Å²) in [6, 6.07) is 2.50. The van der Waals surface area contributed by atoms with Gasteiger partial charge in [0.15, 0.2) is 0 Å². The maximum absolute atomic E-state index is 12.0. The van der Waals surface area contributed by atoms with Crippen molar-refractivity contribution < 1.29 is 9.53 Å². The Hall–Kier alpha value is -0.430. The van der Waals surface area contributed by atoms with Gasteiger partial charge in [0.05, 0.1) is 12.7 Å². The molecule has 1 N–H and O–H groups in total. The van der Waals surface area contributed by atoms with Gasteiger partial charge in [0.1, 0.15) is 4.88 Å². The van der Waals surface area contributed by atoms with E-state index in [1.54, 1.807) is 0 Å². The van der Waals surface area contributed by atoms with E-state index in [0.29, 0.717) is 12.6 Å². The van der Waals surface area contributed by atoms with Crippen LogP contribution in [0.5, 0.6) is 0 Å². The van der Waals surface area contributed by atoms with Crippen LogP contribution in [0.4, 0.5) is 0 Å². The number of thiophene rings is 1. The summed E-state index contributed by atoms with van der Waals surface area (Å²) < 4.78 is 6.69. The Kier molecular flexibility index (Phi) is 4.21. The van der Waals surface area contributed by atoms with Crippen LogP contribution in [-0.4, -0.2) is 49.2 Å². The molecule has 19 heavy (non-hydrogen) atoms. The van der Waals surface area contributed by atoms with E-state index in [4.69, 9.17) is 4.74 Å². The van der Waals surface area contributed by atoms with E-state index >= 15 is 0 Å². The summed E-state index contributed by atoms with van der Waals surface area (Å²) in [6.07, 6.45) is 2.65. The Morgan fingerprint density at radius 3 is 3.32 bits per heavy atom. The second kappa shape index (κ2) is 5.91. The summed E-state index contributed by atoms with van der Waals surface area (Å²) in [6.45, 7) is 3.52. The van der Waals surface area contributed by atoms with Crippen molar-refractivity contribution in [2.24, 2.45) is 0 Å². The molecule has 2 aliphatic rings. The van der Waals surface area contributed by atoms with Crippen LogP contribution < -0.4 is 5.32 Å². The smallest absolute Gasteiger partial charge is 0.262 e. The van der Waals surface area contributed by atoms with E-state index in [9.17, 15) is 4.79 Å².